The minimum atomic E-state index is 0.131. The number of hydrogen-bond donors (Lipinski definition) is 1. The van der Waals surface area contributed by atoms with Crippen LogP contribution in [0.3, 0.4) is 0 Å². The second-order valence-electron chi connectivity index (χ2n) is 5.22. The number of nitrogens with one attached hydrogen (secondary N) is 1. The van der Waals surface area contributed by atoms with E-state index in [4.69, 9.17) is 9.72 Å². The molecule has 2 unspecified atom stereocenters. The van der Waals surface area contributed by atoms with E-state index in [9.17, 15) is 0 Å². The van der Waals surface area contributed by atoms with Gasteiger partial charge in [0.15, 0.2) is 5.82 Å². The molecule has 2 heterocycles. The zero-order chi connectivity index (χ0) is 12.4. The number of ether oxygens (including phenoxy) is 1. The van der Waals surface area contributed by atoms with Crippen LogP contribution in [0.2, 0.25) is 0 Å². The van der Waals surface area contributed by atoms with E-state index in [0.29, 0.717) is 6.04 Å². The Hall–Kier alpha value is -1.00. The standard InChI is InChI=1S/C14H21N3O/c1-15-11-5-2-3-6-12-10(11)9-16-14(17-12)13-7-4-8-18-13/h9,11,13,15H,2-8H2,1H3. The van der Waals surface area contributed by atoms with E-state index < -0.39 is 0 Å². The highest BCUT2D eigenvalue weighted by atomic mass is 16.5. The van der Waals surface area contributed by atoms with Gasteiger partial charge < -0.3 is 10.1 Å². The van der Waals surface area contributed by atoms with Crippen LogP contribution in [0, 0.1) is 0 Å². The quantitative estimate of drug-likeness (QED) is 0.815. The fourth-order valence-electron chi connectivity index (χ4n) is 2.97. The van der Waals surface area contributed by atoms with Crippen molar-refractivity contribution in [2.24, 2.45) is 0 Å². The molecule has 1 aromatic heterocycles. The van der Waals surface area contributed by atoms with E-state index in [1.165, 1.54) is 30.5 Å². The molecule has 1 N–H and O–H groups in total. The summed E-state index contributed by atoms with van der Waals surface area (Å²) in [6, 6.07) is 0.418. The molecule has 0 bridgehead atoms. The minimum Gasteiger partial charge on any atom is -0.370 e. The predicted octanol–water partition coefficient (Wildman–Crippen LogP) is 2.32. The van der Waals surface area contributed by atoms with Gasteiger partial charge in [-0.3, -0.25) is 0 Å². The van der Waals surface area contributed by atoms with E-state index in [0.717, 1.165) is 31.7 Å². The zero-order valence-electron chi connectivity index (χ0n) is 11.0. The summed E-state index contributed by atoms with van der Waals surface area (Å²) >= 11 is 0. The molecule has 2 aliphatic rings. The topological polar surface area (TPSA) is 47.0 Å². The maximum absolute atomic E-state index is 5.67. The van der Waals surface area contributed by atoms with Gasteiger partial charge in [-0.25, -0.2) is 9.97 Å². The number of rotatable bonds is 2. The zero-order valence-corrected chi connectivity index (χ0v) is 11.0. The molecule has 4 nitrogen and oxygen atoms in total. The van der Waals surface area contributed by atoms with Crippen molar-refractivity contribution < 1.29 is 4.74 Å². The SMILES string of the molecule is CNC1CCCCc2nc(C3CCCO3)ncc21. The highest BCUT2D eigenvalue weighted by Gasteiger charge is 2.24. The molecule has 98 valence electrons. The van der Waals surface area contributed by atoms with Crippen LogP contribution in [0.15, 0.2) is 6.20 Å². The van der Waals surface area contributed by atoms with Crippen molar-refractivity contribution in [2.75, 3.05) is 13.7 Å². The molecule has 1 aliphatic carbocycles. The first kappa shape index (κ1) is 12.1. The van der Waals surface area contributed by atoms with Gasteiger partial charge in [-0.05, 0) is 39.2 Å². The first-order valence-electron chi connectivity index (χ1n) is 7.03. The van der Waals surface area contributed by atoms with Crippen LogP contribution in [0.25, 0.3) is 0 Å². The summed E-state index contributed by atoms with van der Waals surface area (Å²) in [5.41, 5.74) is 2.52. The second kappa shape index (κ2) is 5.33. The van der Waals surface area contributed by atoms with Crippen molar-refractivity contribution in [1.82, 2.24) is 15.3 Å². The van der Waals surface area contributed by atoms with Crippen molar-refractivity contribution in [3.8, 4) is 0 Å². The van der Waals surface area contributed by atoms with Gasteiger partial charge in [0.25, 0.3) is 0 Å². The number of fused-ring (bicyclic) bond motifs is 1. The van der Waals surface area contributed by atoms with Gasteiger partial charge in [0.1, 0.15) is 6.10 Å². The third-order valence-corrected chi connectivity index (χ3v) is 4.02. The van der Waals surface area contributed by atoms with Gasteiger partial charge in [-0.2, -0.15) is 0 Å². The van der Waals surface area contributed by atoms with Crippen molar-refractivity contribution >= 4 is 0 Å². The fourth-order valence-corrected chi connectivity index (χ4v) is 2.97. The third kappa shape index (κ3) is 2.27. The molecule has 3 rings (SSSR count). The average molecular weight is 247 g/mol. The van der Waals surface area contributed by atoms with Gasteiger partial charge in [0.05, 0.1) is 0 Å². The third-order valence-electron chi connectivity index (χ3n) is 4.02. The Bertz CT molecular complexity index is 416. The lowest BCUT2D eigenvalue weighted by atomic mass is 10.1. The Balaban J connectivity index is 1.91. The van der Waals surface area contributed by atoms with E-state index >= 15 is 0 Å². The maximum atomic E-state index is 5.67. The number of nitrogens with zero attached hydrogens (tertiary/aromatic N) is 2. The van der Waals surface area contributed by atoms with Crippen LogP contribution in [-0.2, 0) is 11.2 Å². The first-order valence-corrected chi connectivity index (χ1v) is 7.03. The molecule has 2 atom stereocenters. The fraction of sp³-hybridized carbons (Fsp3) is 0.714. The summed E-state index contributed by atoms with van der Waals surface area (Å²) in [6.45, 7) is 0.851. The normalized spacial score (nSPS) is 27.8. The highest BCUT2D eigenvalue weighted by Crippen LogP contribution is 2.30. The lowest BCUT2D eigenvalue weighted by Gasteiger charge is -2.17. The molecule has 18 heavy (non-hydrogen) atoms. The largest absolute Gasteiger partial charge is 0.370 e. The average Bonchev–Trinajstić information content (AvgIpc) is 2.86. The molecule has 0 amide bonds. The van der Waals surface area contributed by atoms with Crippen LogP contribution in [-0.4, -0.2) is 23.6 Å². The van der Waals surface area contributed by atoms with Crippen LogP contribution >= 0.6 is 0 Å². The van der Waals surface area contributed by atoms with E-state index in [1.54, 1.807) is 0 Å². The molecular weight excluding hydrogens is 226 g/mol. The summed E-state index contributed by atoms with van der Waals surface area (Å²) in [6.07, 6.45) is 9.10. The Morgan fingerprint density at radius 1 is 1.28 bits per heavy atom. The lowest BCUT2D eigenvalue weighted by molar-refractivity contribution is 0.105. The van der Waals surface area contributed by atoms with Crippen molar-refractivity contribution in [3.63, 3.8) is 0 Å². The number of aromatic nitrogens is 2. The molecule has 0 spiro atoms. The van der Waals surface area contributed by atoms with Gasteiger partial charge in [0.2, 0.25) is 0 Å². The maximum Gasteiger partial charge on any atom is 0.157 e. The Morgan fingerprint density at radius 2 is 2.22 bits per heavy atom. The summed E-state index contributed by atoms with van der Waals surface area (Å²) in [5.74, 6) is 0.892. The molecule has 1 saturated heterocycles. The van der Waals surface area contributed by atoms with Gasteiger partial charge >= 0.3 is 0 Å². The molecule has 1 aromatic rings. The van der Waals surface area contributed by atoms with E-state index in [2.05, 4.69) is 10.3 Å². The first-order chi connectivity index (χ1) is 8.88. The minimum absolute atomic E-state index is 0.131. The molecule has 1 aliphatic heterocycles. The predicted molar refractivity (Wildman–Crippen MR) is 69.3 cm³/mol. The van der Waals surface area contributed by atoms with E-state index in [1.807, 2.05) is 13.2 Å². The summed E-state index contributed by atoms with van der Waals surface area (Å²) in [7, 11) is 2.02. The van der Waals surface area contributed by atoms with Crippen LogP contribution in [0.5, 0.6) is 0 Å². The number of aryl methyl sites for hydroxylation is 1. The highest BCUT2D eigenvalue weighted by molar-refractivity contribution is 5.23. The molecular formula is C14H21N3O. The second-order valence-corrected chi connectivity index (χ2v) is 5.22. The van der Waals surface area contributed by atoms with Crippen molar-refractivity contribution in [3.05, 3.63) is 23.3 Å². The van der Waals surface area contributed by atoms with Gasteiger partial charge in [-0.15, -0.1) is 0 Å². The van der Waals surface area contributed by atoms with Crippen LogP contribution in [0.1, 0.15) is 61.3 Å². The molecule has 0 saturated carbocycles. The van der Waals surface area contributed by atoms with Crippen molar-refractivity contribution in [1.29, 1.82) is 0 Å². The monoisotopic (exact) mass is 247 g/mol. The van der Waals surface area contributed by atoms with Crippen molar-refractivity contribution in [2.45, 2.75) is 50.7 Å². The van der Waals surface area contributed by atoms with Crippen LogP contribution in [0.4, 0.5) is 0 Å². The summed E-state index contributed by atoms with van der Waals surface area (Å²) in [5, 5.41) is 3.38. The lowest BCUT2D eigenvalue weighted by Crippen LogP contribution is -2.18. The Labute approximate surface area is 108 Å². The molecule has 4 heteroatoms. The Kier molecular flexibility index (Phi) is 3.57. The van der Waals surface area contributed by atoms with E-state index in [-0.39, 0.29) is 6.10 Å². The smallest absolute Gasteiger partial charge is 0.157 e. The summed E-state index contributed by atoms with van der Waals surface area (Å²) < 4.78 is 5.67. The van der Waals surface area contributed by atoms with Crippen LogP contribution < -0.4 is 5.32 Å². The van der Waals surface area contributed by atoms with Gasteiger partial charge in [0, 0.05) is 30.1 Å². The molecule has 0 aromatic carbocycles. The number of hydrogen-bond acceptors (Lipinski definition) is 4. The molecule has 1 fully saturated rings. The summed E-state index contributed by atoms with van der Waals surface area (Å²) in [4.78, 5) is 9.32. The molecule has 0 radical (unpaired) electrons. The Morgan fingerprint density at radius 3 is 3.00 bits per heavy atom. The van der Waals surface area contributed by atoms with Gasteiger partial charge in [-0.1, -0.05) is 6.42 Å².